The number of piperazine rings is 2. The van der Waals surface area contributed by atoms with Gasteiger partial charge in [0, 0.05) is 112 Å². The largest absolute Gasteiger partial charge is 0.481 e. The number of thiazole rings is 2. The molecule has 22 nitrogen and oxygen atoms in total. The molecule has 0 spiro atoms. The van der Waals surface area contributed by atoms with Crippen LogP contribution in [-0.2, 0) is 28.7 Å². The van der Waals surface area contributed by atoms with Crippen molar-refractivity contribution in [2.75, 3.05) is 78.7 Å². The van der Waals surface area contributed by atoms with Gasteiger partial charge in [-0.3, -0.25) is 29.4 Å². The van der Waals surface area contributed by atoms with Gasteiger partial charge in [-0.05, 0) is 121 Å². The van der Waals surface area contributed by atoms with Gasteiger partial charge in [0.1, 0.15) is 23.7 Å². The molecule has 6 atom stereocenters. The lowest BCUT2D eigenvalue weighted by atomic mass is 9.85. The van der Waals surface area contributed by atoms with Crippen LogP contribution in [0.25, 0.3) is 0 Å². The van der Waals surface area contributed by atoms with Crippen LogP contribution in [0.1, 0.15) is 117 Å². The Morgan fingerprint density at radius 3 is 1.43 bits per heavy atom. The smallest absolute Gasteiger partial charge is 0.338 e. The van der Waals surface area contributed by atoms with E-state index in [1.165, 1.54) is 34.8 Å². The Labute approximate surface area is 549 Å². The minimum absolute atomic E-state index is 0. The number of carbonyl (C=O) groups is 6. The monoisotopic (exact) mass is 1330 g/mol. The van der Waals surface area contributed by atoms with Gasteiger partial charge in [0.05, 0.1) is 47.3 Å². The standard InChI is InChI=1S/C32H39FN6O5S.C31H37FN6O5S.2H2S/c1-4-44-30(42)25-24(35-27(28-34-12-15-45-28)36-26(25)22-6-5-7-23(33)19(22)2)16-37-13-14-39-31(43)38(18-32(39,3)17-37)21-10-8-20(9-11-21)29(40)41;1-4-43-29(41)24-23(34-26(27-33-10-13-44-27)35-25(24)21-6-5-7-22(32)18(21)2)15-36-11-12-38-30(42)37(17-31(38,3)16-36)20-9-8-19(14-20)28(39)40;;/h5-7,12,15,20-21,26H,4,8-11,13-14,16-18H2,1-3H3,(H,35,36)(H,40,41);5-7,10,13,19-20,25H,4,8-9,11-12,14-17H2,1-3H3,(H,34,35)(H,39,40);2*1H2/t20?,21?,26-,32-;19?,20?,25-,31-;;/m00../s1. The minimum atomic E-state index is -0.801. The molecule has 4 N–H and O–H groups in total. The summed E-state index contributed by atoms with van der Waals surface area (Å²) in [6.07, 6.45) is 7.67. The van der Waals surface area contributed by atoms with E-state index in [1.807, 2.05) is 30.4 Å². The average Bonchev–Trinajstić information content (AvgIpc) is 1.77. The van der Waals surface area contributed by atoms with E-state index in [-0.39, 0.29) is 81.9 Å². The van der Waals surface area contributed by atoms with Crippen molar-refractivity contribution in [3.05, 3.63) is 126 Å². The molecule has 4 saturated heterocycles. The highest BCUT2D eigenvalue weighted by Gasteiger charge is 2.54. The van der Waals surface area contributed by atoms with Crippen molar-refractivity contribution >= 4 is 97.3 Å². The van der Waals surface area contributed by atoms with Gasteiger partial charge < -0.3 is 49.9 Å². The number of amides is 4. The number of benzene rings is 2. The molecular weight excluding hydrogens is 1250 g/mol. The summed E-state index contributed by atoms with van der Waals surface area (Å²) in [5.74, 6) is -3.10. The first-order chi connectivity index (χ1) is 42.7. The third kappa shape index (κ3) is 13.9. The summed E-state index contributed by atoms with van der Waals surface area (Å²) in [4.78, 5) is 108. The van der Waals surface area contributed by atoms with Crippen LogP contribution in [0.2, 0.25) is 0 Å². The summed E-state index contributed by atoms with van der Waals surface area (Å²) in [5.41, 5.74) is 2.92. The highest BCUT2D eigenvalue weighted by Crippen LogP contribution is 2.42. The lowest BCUT2D eigenvalue weighted by Gasteiger charge is -2.44. The first kappa shape index (κ1) is 68.4. The lowest BCUT2D eigenvalue weighted by Crippen LogP contribution is -2.60. The molecule has 4 amide bonds. The van der Waals surface area contributed by atoms with Crippen molar-refractivity contribution in [3.8, 4) is 0 Å². The zero-order valence-electron chi connectivity index (χ0n) is 51.9. The molecule has 28 heteroatoms. The van der Waals surface area contributed by atoms with Crippen LogP contribution in [0.5, 0.6) is 0 Å². The molecule has 91 heavy (non-hydrogen) atoms. The number of hydrogen-bond donors (Lipinski definition) is 4. The molecule has 4 aromatic rings. The van der Waals surface area contributed by atoms with Crippen LogP contribution >= 0.6 is 49.7 Å². The number of hydrogen-bond acceptors (Lipinski definition) is 18. The molecule has 6 aliphatic heterocycles. The van der Waals surface area contributed by atoms with Crippen LogP contribution in [0, 0.1) is 37.3 Å². The Hall–Kier alpha value is -6.98. The first-order valence-corrected chi connectivity index (χ1v) is 32.3. The van der Waals surface area contributed by atoms with Gasteiger partial charge >= 0.3 is 35.9 Å². The van der Waals surface area contributed by atoms with Crippen LogP contribution in [0.4, 0.5) is 18.4 Å². The van der Waals surface area contributed by atoms with Gasteiger partial charge in [0.25, 0.3) is 0 Å². The van der Waals surface area contributed by atoms with Gasteiger partial charge in [-0.1, -0.05) is 24.3 Å². The predicted octanol–water partition coefficient (Wildman–Crippen LogP) is 7.74. The number of aromatic nitrogens is 2. The zero-order chi connectivity index (χ0) is 63.1. The average molecular weight is 1330 g/mol. The first-order valence-electron chi connectivity index (χ1n) is 30.6. The molecule has 490 valence electrons. The summed E-state index contributed by atoms with van der Waals surface area (Å²) >= 11 is 2.83. The van der Waals surface area contributed by atoms with E-state index in [0.717, 1.165) is 0 Å². The van der Waals surface area contributed by atoms with E-state index < -0.39 is 53.0 Å². The van der Waals surface area contributed by atoms with Gasteiger partial charge in [-0.25, -0.2) is 37.9 Å². The summed E-state index contributed by atoms with van der Waals surface area (Å²) < 4.78 is 40.6. The maximum Gasteiger partial charge on any atom is 0.338 e. The highest BCUT2D eigenvalue weighted by atomic mass is 32.1. The molecule has 0 bridgehead atoms. The second kappa shape index (κ2) is 28.5. The number of fused-ring (bicyclic) bond motifs is 2. The van der Waals surface area contributed by atoms with E-state index in [1.54, 1.807) is 64.4 Å². The number of ether oxygens (including phenoxy) is 2. The number of halogens is 2. The Balaban J connectivity index is 0.000000211. The number of aliphatic carboxylic acids is 2. The number of amidine groups is 2. The summed E-state index contributed by atoms with van der Waals surface area (Å²) in [6.45, 7) is 16.5. The van der Waals surface area contributed by atoms with E-state index >= 15 is 0 Å². The minimum Gasteiger partial charge on any atom is -0.481 e. The molecule has 8 aliphatic rings. The molecule has 0 radical (unpaired) electrons. The van der Waals surface area contributed by atoms with E-state index in [4.69, 9.17) is 19.5 Å². The quantitative estimate of drug-likeness (QED) is 0.0782. The maximum absolute atomic E-state index is 14.8. The second-order valence-corrected chi connectivity index (χ2v) is 26.5. The Morgan fingerprint density at radius 1 is 0.615 bits per heavy atom. The molecule has 8 heterocycles. The van der Waals surface area contributed by atoms with Gasteiger partial charge in [0.2, 0.25) is 0 Å². The van der Waals surface area contributed by atoms with Gasteiger partial charge in [0.15, 0.2) is 21.7 Å². The molecular formula is C63H80F2N12O10S4. The van der Waals surface area contributed by atoms with Crippen molar-refractivity contribution in [1.29, 1.82) is 0 Å². The fraction of sp³-hybridized carbons (Fsp3) is 0.524. The zero-order valence-corrected chi connectivity index (χ0v) is 55.5. The van der Waals surface area contributed by atoms with Crippen molar-refractivity contribution in [2.45, 2.75) is 122 Å². The third-order valence-corrected chi connectivity index (χ3v) is 20.4. The van der Waals surface area contributed by atoms with Crippen molar-refractivity contribution in [3.63, 3.8) is 0 Å². The normalized spacial score (nSPS) is 26.7. The van der Waals surface area contributed by atoms with Crippen LogP contribution < -0.4 is 10.6 Å². The molecule has 2 saturated carbocycles. The predicted molar refractivity (Wildman–Crippen MR) is 349 cm³/mol. The summed E-state index contributed by atoms with van der Waals surface area (Å²) in [6, 6.07) is 7.93. The van der Waals surface area contributed by atoms with Crippen molar-refractivity contribution in [1.82, 2.24) is 50.0 Å². The number of aliphatic imine (C=N–C) groups is 2. The lowest BCUT2D eigenvalue weighted by molar-refractivity contribution is -0.143. The number of carbonyl (C=O) groups excluding carboxylic acids is 4. The Kier molecular flexibility index (Phi) is 21.4. The molecule has 2 aliphatic carbocycles. The van der Waals surface area contributed by atoms with Crippen LogP contribution in [0.3, 0.4) is 0 Å². The summed E-state index contributed by atoms with van der Waals surface area (Å²) in [7, 11) is 0. The van der Waals surface area contributed by atoms with Gasteiger partial charge in [-0.2, -0.15) is 27.0 Å². The Morgan fingerprint density at radius 2 is 1.03 bits per heavy atom. The fourth-order valence-electron chi connectivity index (χ4n) is 14.3. The van der Waals surface area contributed by atoms with E-state index in [0.29, 0.717) is 177 Å². The molecule has 2 aromatic carbocycles. The van der Waals surface area contributed by atoms with Crippen molar-refractivity contribution in [2.24, 2.45) is 21.8 Å². The van der Waals surface area contributed by atoms with Crippen LogP contribution in [0.15, 0.2) is 92.1 Å². The van der Waals surface area contributed by atoms with Crippen molar-refractivity contribution < 1.29 is 57.2 Å². The number of nitrogens with one attached hydrogen (secondary N) is 2. The maximum atomic E-state index is 14.8. The topological polar surface area (TPSA) is 255 Å². The van der Waals surface area contributed by atoms with E-state index in [9.17, 15) is 47.8 Å². The fourth-order valence-corrected chi connectivity index (χ4v) is 15.5. The molecule has 12 rings (SSSR count). The number of carboxylic acid groups (broad SMARTS) is 2. The molecule has 2 aromatic heterocycles. The number of carboxylic acids is 2. The molecule has 2 unspecified atom stereocenters. The Bertz CT molecular complexity index is 3530. The van der Waals surface area contributed by atoms with Gasteiger partial charge in [-0.15, -0.1) is 22.7 Å². The highest BCUT2D eigenvalue weighted by molar-refractivity contribution is 7.59. The molecule has 6 fully saturated rings. The SMILES string of the molecule is CCOC(=O)C1=C(CN2CCN3C(=O)N(C4CCC(C(=O)O)C4)C[C@]3(C)C2)NC(c2nccs2)=N[C@H]1c1cccc(F)c1C.CCOC(=O)C1=C(CN2CCN3C(=O)N(C4CCC(C(=O)O)CC4)C[C@]3(C)C2)NC(c2nccs2)=N[C@H]1c1cccc(F)c1C.S.S. The number of rotatable bonds is 16. The number of nitrogens with zero attached hydrogens (tertiary/aromatic N) is 10. The number of urea groups is 2. The third-order valence-electron chi connectivity index (χ3n) is 18.9. The van der Waals surface area contributed by atoms with Crippen LogP contribution in [-0.4, -0.2) is 199 Å². The van der Waals surface area contributed by atoms with E-state index in [2.05, 4.69) is 44.2 Å². The summed E-state index contributed by atoms with van der Waals surface area (Å²) in [5, 5.41) is 30.7. The second-order valence-electron chi connectivity index (χ2n) is 24.7. The number of esters is 2.